The van der Waals surface area contributed by atoms with Gasteiger partial charge in [0, 0.05) is 42.8 Å². The van der Waals surface area contributed by atoms with E-state index in [-0.39, 0.29) is 10.9 Å². The zero-order chi connectivity index (χ0) is 22.7. The quantitative estimate of drug-likeness (QED) is 0.557. The summed E-state index contributed by atoms with van der Waals surface area (Å²) in [6.45, 7) is 2.89. The number of carbonyl (C=O) groups excluding carboxylic acids is 1. The maximum atomic E-state index is 13.1. The van der Waals surface area contributed by atoms with Crippen molar-refractivity contribution in [2.75, 3.05) is 19.3 Å². The minimum Gasteiger partial charge on any atom is -0.479 e. The second-order valence-electron chi connectivity index (χ2n) is 8.48. The highest BCUT2D eigenvalue weighted by Gasteiger charge is 2.46. The van der Waals surface area contributed by atoms with Gasteiger partial charge in [-0.1, -0.05) is 29.8 Å². The molecule has 166 valence electrons. The van der Waals surface area contributed by atoms with Gasteiger partial charge in [-0.05, 0) is 48.9 Å². The minimum atomic E-state index is -3.44. The van der Waals surface area contributed by atoms with Gasteiger partial charge in [0.15, 0.2) is 15.4 Å². The van der Waals surface area contributed by atoms with Crippen LogP contribution in [0.25, 0.3) is 5.69 Å². The number of para-hydroxylation sites is 2. The molecule has 1 aromatic heterocycles. The smallest absolute Gasteiger partial charge is 0.253 e. The summed E-state index contributed by atoms with van der Waals surface area (Å²) in [7, 11) is -3.44. The van der Waals surface area contributed by atoms with Gasteiger partial charge in [0.2, 0.25) is 0 Å². The third-order valence-corrected chi connectivity index (χ3v) is 7.87. The van der Waals surface area contributed by atoms with Crippen LogP contribution in [0.3, 0.4) is 0 Å². The van der Waals surface area contributed by atoms with Crippen LogP contribution in [0, 0.1) is 6.92 Å². The lowest BCUT2D eigenvalue weighted by Crippen LogP contribution is -2.50. The number of sulfone groups is 1. The molecule has 0 N–H and O–H groups in total. The number of piperidine rings is 1. The SMILES string of the molecule is Cc1ccc(C(=O)N2CCC3(CC2)Oc2ccccc2-n2c3ccc2S(C)(=O)=O)cc1Cl. The molecular formula is C24H23ClN2O4S. The molecule has 3 heterocycles. The largest absolute Gasteiger partial charge is 0.479 e. The summed E-state index contributed by atoms with van der Waals surface area (Å²) in [5.74, 6) is 0.580. The molecule has 0 saturated carbocycles. The van der Waals surface area contributed by atoms with Crippen molar-refractivity contribution < 1.29 is 17.9 Å². The molecule has 3 aromatic rings. The predicted octanol–water partition coefficient (Wildman–Crippen LogP) is 4.37. The van der Waals surface area contributed by atoms with E-state index in [1.165, 1.54) is 6.26 Å². The Labute approximate surface area is 192 Å². The Balaban J connectivity index is 1.48. The normalized spacial score (nSPS) is 16.9. The number of hydrogen-bond acceptors (Lipinski definition) is 4. The summed E-state index contributed by atoms with van der Waals surface area (Å²) in [6, 6.07) is 16.3. The molecule has 2 aliphatic rings. The van der Waals surface area contributed by atoms with Crippen LogP contribution < -0.4 is 4.74 Å². The van der Waals surface area contributed by atoms with E-state index in [0.717, 1.165) is 11.3 Å². The second-order valence-corrected chi connectivity index (χ2v) is 10.9. The van der Waals surface area contributed by atoms with Gasteiger partial charge in [0.05, 0.1) is 11.4 Å². The molecule has 1 spiro atoms. The second kappa shape index (κ2) is 7.39. The van der Waals surface area contributed by atoms with Crippen LogP contribution in [-0.2, 0) is 15.4 Å². The number of nitrogens with zero attached hydrogens (tertiary/aromatic N) is 2. The summed E-state index contributed by atoms with van der Waals surface area (Å²) in [4.78, 5) is 14.9. The van der Waals surface area contributed by atoms with E-state index >= 15 is 0 Å². The summed E-state index contributed by atoms with van der Waals surface area (Å²) in [5, 5.41) is 0.818. The molecule has 32 heavy (non-hydrogen) atoms. The molecule has 1 fully saturated rings. The molecule has 8 heteroatoms. The molecule has 0 bridgehead atoms. The van der Waals surface area contributed by atoms with Crippen molar-refractivity contribution in [1.29, 1.82) is 0 Å². The zero-order valence-corrected chi connectivity index (χ0v) is 19.4. The molecule has 0 radical (unpaired) electrons. The fraction of sp³-hybridized carbons (Fsp3) is 0.292. The number of aryl methyl sites for hydroxylation is 1. The van der Waals surface area contributed by atoms with E-state index in [9.17, 15) is 13.2 Å². The van der Waals surface area contributed by atoms with Crippen molar-refractivity contribution >= 4 is 27.3 Å². The van der Waals surface area contributed by atoms with E-state index in [2.05, 4.69) is 0 Å². The number of rotatable bonds is 2. The number of ether oxygens (including phenoxy) is 1. The third-order valence-electron chi connectivity index (χ3n) is 6.38. The number of likely N-dealkylation sites (tertiary alicyclic amines) is 1. The molecule has 6 nitrogen and oxygen atoms in total. The fourth-order valence-electron chi connectivity index (χ4n) is 4.64. The van der Waals surface area contributed by atoms with Crippen molar-refractivity contribution in [3.05, 3.63) is 76.4 Å². The van der Waals surface area contributed by atoms with E-state index < -0.39 is 15.4 Å². The van der Waals surface area contributed by atoms with Crippen LogP contribution >= 0.6 is 11.6 Å². The zero-order valence-electron chi connectivity index (χ0n) is 17.8. The molecule has 0 unspecified atom stereocenters. The Bertz CT molecular complexity index is 1340. The predicted molar refractivity (Wildman–Crippen MR) is 123 cm³/mol. The first-order valence-corrected chi connectivity index (χ1v) is 12.7. The number of halogens is 1. The molecule has 2 aromatic carbocycles. The molecule has 0 aliphatic carbocycles. The van der Waals surface area contributed by atoms with Gasteiger partial charge in [-0.15, -0.1) is 0 Å². The van der Waals surface area contributed by atoms with Gasteiger partial charge in [-0.2, -0.15) is 0 Å². The minimum absolute atomic E-state index is 0.0647. The average molecular weight is 471 g/mol. The average Bonchev–Trinajstić information content (AvgIpc) is 3.23. The summed E-state index contributed by atoms with van der Waals surface area (Å²) in [5.41, 5.74) is 2.32. The van der Waals surface area contributed by atoms with Gasteiger partial charge >= 0.3 is 0 Å². The lowest BCUT2D eigenvalue weighted by Gasteiger charge is -2.45. The molecular weight excluding hydrogens is 448 g/mol. The molecule has 2 aliphatic heterocycles. The monoisotopic (exact) mass is 470 g/mol. The van der Waals surface area contributed by atoms with Crippen LogP contribution in [0.4, 0.5) is 0 Å². The fourth-order valence-corrected chi connectivity index (χ4v) is 5.66. The number of amides is 1. The maximum absolute atomic E-state index is 13.1. The Kier molecular flexibility index (Phi) is 4.87. The molecule has 1 amide bonds. The summed E-state index contributed by atoms with van der Waals surface area (Å²) < 4.78 is 33.2. The van der Waals surface area contributed by atoms with Gasteiger partial charge in [0.1, 0.15) is 10.8 Å². The number of aromatic nitrogens is 1. The number of benzene rings is 2. The first-order chi connectivity index (χ1) is 15.2. The lowest BCUT2D eigenvalue weighted by molar-refractivity contribution is -0.00994. The number of carbonyl (C=O) groups is 1. The van der Waals surface area contributed by atoms with E-state index in [1.807, 2.05) is 43.3 Å². The molecule has 1 saturated heterocycles. The number of fused-ring (bicyclic) bond motifs is 4. The van der Waals surface area contributed by atoms with Crippen LogP contribution in [-0.4, -0.2) is 43.1 Å². The summed E-state index contributed by atoms with van der Waals surface area (Å²) >= 11 is 6.21. The van der Waals surface area contributed by atoms with Gasteiger partial charge in [-0.25, -0.2) is 8.42 Å². The van der Waals surface area contributed by atoms with Gasteiger partial charge in [0.25, 0.3) is 5.91 Å². The van der Waals surface area contributed by atoms with Crippen molar-refractivity contribution in [2.45, 2.75) is 30.4 Å². The Hall–Kier alpha value is -2.77. The summed E-state index contributed by atoms with van der Waals surface area (Å²) in [6.07, 6.45) is 2.33. The van der Waals surface area contributed by atoms with Crippen molar-refractivity contribution in [3.8, 4) is 11.4 Å². The van der Waals surface area contributed by atoms with E-state index in [0.29, 0.717) is 48.0 Å². The first kappa shape index (κ1) is 21.1. The highest BCUT2D eigenvalue weighted by molar-refractivity contribution is 7.90. The van der Waals surface area contributed by atoms with Gasteiger partial charge in [-0.3, -0.25) is 9.36 Å². The third kappa shape index (κ3) is 3.31. The highest BCUT2D eigenvalue weighted by atomic mass is 35.5. The highest BCUT2D eigenvalue weighted by Crippen LogP contribution is 2.46. The van der Waals surface area contributed by atoms with E-state index in [4.69, 9.17) is 16.3 Å². The van der Waals surface area contributed by atoms with E-state index in [1.54, 1.807) is 27.7 Å². The molecule has 5 rings (SSSR count). The van der Waals surface area contributed by atoms with Crippen LogP contribution in [0.15, 0.2) is 59.6 Å². The van der Waals surface area contributed by atoms with Crippen molar-refractivity contribution in [2.24, 2.45) is 0 Å². The Morgan fingerprint density at radius 1 is 1.06 bits per heavy atom. The standard InChI is InChI=1S/C24H23ClN2O4S/c1-16-7-8-17(15-18(16)25)23(28)26-13-11-24(12-14-26)21-9-10-22(32(2,29)30)27(21)19-5-3-4-6-20(19)31-24/h3-10,15H,11-14H2,1-2H3. The Morgan fingerprint density at radius 2 is 1.78 bits per heavy atom. The van der Waals surface area contributed by atoms with Gasteiger partial charge < -0.3 is 9.64 Å². The van der Waals surface area contributed by atoms with Crippen LogP contribution in [0.5, 0.6) is 5.75 Å². The van der Waals surface area contributed by atoms with Crippen LogP contribution in [0.1, 0.15) is 34.5 Å². The Morgan fingerprint density at radius 3 is 2.47 bits per heavy atom. The number of hydrogen-bond donors (Lipinski definition) is 0. The van der Waals surface area contributed by atoms with Crippen molar-refractivity contribution in [3.63, 3.8) is 0 Å². The first-order valence-electron chi connectivity index (χ1n) is 10.5. The lowest BCUT2D eigenvalue weighted by atomic mass is 9.86. The molecule has 0 atom stereocenters. The van der Waals surface area contributed by atoms with Crippen molar-refractivity contribution in [1.82, 2.24) is 9.47 Å². The maximum Gasteiger partial charge on any atom is 0.253 e. The van der Waals surface area contributed by atoms with Crippen LogP contribution in [0.2, 0.25) is 5.02 Å². The topological polar surface area (TPSA) is 68.6 Å².